The second-order valence-electron chi connectivity index (χ2n) is 4.65. The summed E-state index contributed by atoms with van der Waals surface area (Å²) < 4.78 is 0. The molecule has 0 saturated heterocycles. The summed E-state index contributed by atoms with van der Waals surface area (Å²) in [6, 6.07) is 4.66. The lowest BCUT2D eigenvalue weighted by atomic mass is 9.94. The second-order valence-corrected chi connectivity index (χ2v) is 4.65. The third kappa shape index (κ3) is 3.32. The lowest BCUT2D eigenvalue weighted by Crippen LogP contribution is -2.15. The molecule has 0 bridgehead atoms. The molecule has 0 aliphatic rings. The molecule has 1 atom stereocenters. The highest BCUT2D eigenvalue weighted by atomic mass is 14.8. The highest BCUT2D eigenvalue weighted by molar-refractivity contribution is 5.38. The minimum absolute atomic E-state index is 0.174. The third-order valence-electron chi connectivity index (χ3n) is 3.22. The van der Waals surface area contributed by atoms with E-state index in [1.807, 2.05) is 7.05 Å². The van der Waals surface area contributed by atoms with Gasteiger partial charge in [0.15, 0.2) is 0 Å². The van der Waals surface area contributed by atoms with E-state index in [4.69, 9.17) is 5.73 Å². The van der Waals surface area contributed by atoms with Crippen molar-refractivity contribution in [2.24, 2.45) is 5.73 Å². The standard InChI is InChI=1S/C14H24N2/c1-10-8-12(3)13(9-11(10)2)14(15)6-5-7-16-4/h8-9,14,16H,5-7,15H2,1-4H3. The fraction of sp³-hybridized carbons (Fsp3) is 0.571. The maximum atomic E-state index is 6.23. The molecule has 0 aliphatic heterocycles. The van der Waals surface area contributed by atoms with Gasteiger partial charge in [0, 0.05) is 6.04 Å². The van der Waals surface area contributed by atoms with Gasteiger partial charge in [-0.2, -0.15) is 0 Å². The molecule has 1 rings (SSSR count). The smallest absolute Gasteiger partial charge is 0.0298 e. The van der Waals surface area contributed by atoms with E-state index < -0.39 is 0 Å². The van der Waals surface area contributed by atoms with Gasteiger partial charge in [-0.05, 0) is 69.5 Å². The van der Waals surface area contributed by atoms with E-state index in [0.29, 0.717) is 0 Å². The summed E-state index contributed by atoms with van der Waals surface area (Å²) in [4.78, 5) is 0. The Morgan fingerprint density at radius 3 is 2.38 bits per heavy atom. The molecule has 2 nitrogen and oxygen atoms in total. The van der Waals surface area contributed by atoms with Gasteiger partial charge in [-0.25, -0.2) is 0 Å². The van der Waals surface area contributed by atoms with Gasteiger partial charge in [0.1, 0.15) is 0 Å². The summed E-state index contributed by atoms with van der Waals surface area (Å²) in [7, 11) is 1.98. The van der Waals surface area contributed by atoms with Crippen LogP contribution in [0.15, 0.2) is 12.1 Å². The zero-order valence-corrected chi connectivity index (χ0v) is 10.9. The molecule has 0 aromatic heterocycles. The van der Waals surface area contributed by atoms with Crippen LogP contribution >= 0.6 is 0 Å². The SMILES string of the molecule is CNCCCC(N)c1cc(C)c(C)cc1C. The van der Waals surface area contributed by atoms with Crippen molar-refractivity contribution in [3.63, 3.8) is 0 Å². The van der Waals surface area contributed by atoms with Crippen LogP contribution in [0.5, 0.6) is 0 Å². The minimum atomic E-state index is 0.174. The van der Waals surface area contributed by atoms with Crippen molar-refractivity contribution in [1.29, 1.82) is 0 Å². The van der Waals surface area contributed by atoms with Crippen LogP contribution in [-0.2, 0) is 0 Å². The lowest BCUT2D eigenvalue weighted by Gasteiger charge is -2.16. The molecule has 2 heteroatoms. The highest BCUT2D eigenvalue weighted by Crippen LogP contribution is 2.23. The first-order valence-corrected chi connectivity index (χ1v) is 6.04. The van der Waals surface area contributed by atoms with Crippen molar-refractivity contribution in [2.75, 3.05) is 13.6 Å². The Kier molecular flexibility index (Phi) is 4.97. The monoisotopic (exact) mass is 220 g/mol. The lowest BCUT2D eigenvalue weighted by molar-refractivity contribution is 0.588. The summed E-state index contributed by atoms with van der Waals surface area (Å²) in [5.41, 5.74) is 11.5. The largest absolute Gasteiger partial charge is 0.324 e. The molecule has 0 radical (unpaired) electrons. The van der Waals surface area contributed by atoms with Gasteiger partial charge in [-0.15, -0.1) is 0 Å². The number of hydrogen-bond acceptors (Lipinski definition) is 2. The van der Waals surface area contributed by atoms with Crippen LogP contribution in [0.1, 0.15) is 41.1 Å². The third-order valence-corrected chi connectivity index (χ3v) is 3.22. The molecule has 0 spiro atoms. The van der Waals surface area contributed by atoms with Crippen molar-refractivity contribution in [2.45, 2.75) is 39.7 Å². The van der Waals surface area contributed by atoms with E-state index in [1.54, 1.807) is 0 Å². The molecule has 1 aromatic rings. The Labute approximate surface area is 99.2 Å². The van der Waals surface area contributed by atoms with E-state index in [1.165, 1.54) is 22.3 Å². The Morgan fingerprint density at radius 1 is 1.12 bits per heavy atom. The van der Waals surface area contributed by atoms with Crippen molar-refractivity contribution in [1.82, 2.24) is 5.32 Å². The molecule has 3 N–H and O–H groups in total. The maximum absolute atomic E-state index is 6.23. The van der Waals surface area contributed by atoms with Crippen molar-refractivity contribution < 1.29 is 0 Å². The zero-order valence-electron chi connectivity index (χ0n) is 10.9. The number of hydrogen-bond donors (Lipinski definition) is 2. The molecule has 0 aliphatic carbocycles. The van der Waals surface area contributed by atoms with E-state index in [-0.39, 0.29) is 6.04 Å². The summed E-state index contributed by atoms with van der Waals surface area (Å²) in [5, 5.41) is 3.15. The molecule has 0 fully saturated rings. The van der Waals surface area contributed by atoms with Gasteiger partial charge in [-0.1, -0.05) is 12.1 Å². The predicted molar refractivity (Wildman–Crippen MR) is 70.7 cm³/mol. The molecule has 1 unspecified atom stereocenters. The molecular formula is C14H24N2. The Morgan fingerprint density at radius 2 is 1.75 bits per heavy atom. The molecule has 16 heavy (non-hydrogen) atoms. The quantitative estimate of drug-likeness (QED) is 0.749. The molecular weight excluding hydrogens is 196 g/mol. The maximum Gasteiger partial charge on any atom is 0.0298 e. The van der Waals surface area contributed by atoms with Crippen LogP contribution in [0.3, 0.4) is 0 Å². The summed E-state index contributed by atoms with van der Waals surface area (Å²) in [6.45, 7) is 7.49. The number of nitrogens with one attached hydrogen (secondary N) is 1. The second kappa shape index (κ2) is 6.02. The summed E-state index contributed by atoms with van der Waals surface area (Å²) in [5.74, 6) is 0. The number of aryl methyl sites for hydroxylation is 3. The average Bonchev–Trinajstić information content (AvgIpc) is 2.23. The molecule has 0 saturated carbocycles. The van der Waals surface area contributed by atoms with Crippen molar-refractivity contribution in [3.8, 4) is 0 Å². The van der Waals surface area contributed by atoms with Gasteiger partial charge >= 0.3 is 0 Å². The van der Waals surface area contributed by atoms with Crippen LogP contribution in [-0.4, -0.2) is 13.6 Å². The normalized spacial score (nSPS) is 12.8. The van der Waals surface area contributed by atoms with Gasteiger partial charge in [0.25, 0.3) is 0 Å². The zero-order chi connectivity index (χ0) is 12.1. The Hall–Kier alpha value is -0.860. The van der Waals surface area contributed by atoms with E-state index in [9.17, 15) is 0 Å². The van der Waals surface area contributed by atoms with Crippen LogP contribution in [0.4, 0.5) is 0 Å². The molecule has 0 amide bonds. The van der Waals surface area contributed by atoms with Gasteiger partial charge in [0.05, 0.1) is 0 Å². The van der Waals surface area contributed by atoms with Crippen LogP contribution in [0, 0.1) is 20.8 Å². The summed E-state index contributed by atoms with van der Waals surface area (Å²) in [6.07, 6.45) is 2.17. The molecule has 90 valence electrons. The Bertz CT molecular complexity index is 345. The number of nitrogens with two attached hydrogens (primary N) is 1. The first kappa shape index (κ1) is 13.2. The average molecular weight is 220 g/mol. The van der Waals surface area contributed by atoms with E-state index in [2.05, 4.69) is 38.2 Å². The number of benzene rings is 1. The van der Waals surface area contributed by atoms with E-state index >= 15 is 0 Å². The fourth-order valence-electron chi connectivity index (χ4n) is 2.04. The summed E-state index contributed by atoms with van der Waals surface area (Å²) >= 11 is 0. The predicted octanol–water partition coefficient (Wildman–Crippen LogP) is 2.61. The fourth-order valence-corrected chi connectivity index (χ4v) is 2.04. The van der Waals surface area contributed by atoms with Crippen LogP contribution < -0.4 is 11.1 Å². The first-order valence-electron chi connectivity index (χ1n) is 6.04. The van der Waals surface area contributed by atoms with Crippen LogP contribution in [0.25, 0.3) is 0 Å². The van der Waals surface area contributed by atoms with Crippen molar-refractivity contribution in [3.05, 3.63) is 34.4 Å². The minimum Gasteiger partial charge on any atom is -0.324 e. The number of rotatable bonds is 5. The highest BCUT2D eigenvalue weighted by Gasteiger charge is 2.09. The van der Waals surface area contributed by atoms with Gasteiger partial charge < -0.3 is 11.1 Å². The Balaban J connectivity index is 2.75. The molecule has 1 aromatic carbocycles. The van der Waals surface area contributed by atoms with Gasteiger partial charge in [-0.3, -0.25) is 0 Å². The van der Waals surface area contributed by atoms with E-state index in [0.717, 1.165) is 19.4 Å². The van der Waals surface area contributed by atoms with Crippen molar-refractivity contribution >= 4 is 0 Å². The van der Waals surface area contributed by atoms with Crippen LogP contribution in [0.2, 0.25) is 0 Å². The van der Waals surface area contributed by atoms with Gasteiger partial charge in [0.2, 0.25) is 0 Å². The topological polar surface area (TPSA) is 38.0 Å². The molecule has 0 heterocycles. The first-order chi connectivity index (χ1) is 7.56.